The van der Waals surface area contributed by atoms with Crippen LogP contribution in [-0.2, 0) is 16.0 Å². The normalized spacial score (nSPS) is 10.5. The van der Waals surface area contributed by atoms with E-state index < -0.39 is 0 Å². The largest absolute Gasteiger partial charge is 0.352 e. The minimum Gasteiger partial charge on any atom is -0.352 e. The smallest absolute Gasteiger partial charge is 0.239 e. The maximum atomic E-state index is 12.0. The summed E-state index contributed by atoms with van der Waals surface area (Å²) in [6, 6.07) is 2.13. The zero-order valence-corrected chi connectivity index (χ0v) is 12.6. The maximum absolute atomic E-state index is 12.0. The molecule has 1 heterocycles. The SMILES string of the molecule is CCN(CC(=O)NC(C)C)C(=O)CCc1ccsc1. The van der Waals surface area contributed by atoms with Gasteiger partial charge in [0.2, 0.25) is 11.8 Å². The van der Waals surface area contributed by atoms with Gasteiger partial charge < -0.3 is 10.2 Å². The molecule has 0 aliphatic carbocycles. The topological polar surface area (TPSA) is 49.4 Å². The van der Waals surface area contributed by atoms with Gasteiger partial charge in [-0.3, -0.25) is 9.59 Å². The molecule has 0 atom stereocenters. The molecule has 0 spiro atoms. The molecular weight excluding hydrogens is 260 g/mol. The molecule has 0 aliphatic heterocycles. The predicted molar refractivity (Wildman–Crippen MR) is 78.2 cm³/mol. The highest BCUT2D eigenvalue weighted by molar-refractivity contribution is 7.07. The summed E-state index contributed by atoms with van der Waals surface area (Å²) in [5.74, 6) is -0.0617. The van der Waals surface area contributed by atoms with Gasteiger partial charge in [0.25, 0.3) is 0 Å². The third-order valence-corrected chi connectivity index (χ3v) is 3.46. The first-order valence-corrected chi connectivity index (χ1v) is 7.55. The molecule has 1 aromatic rings. The molecule has 4 nitrogen and oxygen atoms in total. The Balaban J connectivity index is 2.40. The zero-order chi connectivity index (χ0) is 14.3. The number of nitrogens with zero attached hydrogens (tertiary/aromatic N) is 1. The first kappa shape index (κ1) is 15.7. The van der Waals surface area contributed by atoms with Crippen molar-refractivity contribution >= 4 is 23.2 Å². The quantitative estimate of drug-likeness (QED) is 0.832. The van der Waals surface area contributed by atoms with Crippen LogP contribution in [-0.4, -0.2) is 35.8 Å². The molecule has 0 aliphatic rings. The molecule has 1 N–H and O–H groups in total. The van der Waals surface area contributed by atoms with E-state index in [0.717, 1.165) is 6.42 Å². The summed E-state index contributed by atoms with van der Waals surface area (Å²) >= 11 is 1.63. The second kappa shape index (κ2) is 7.94. The summed E-state index contributed by atoms with van der Waals surface area (Å²) in [6.45, 7) is 6.43. The summed E-state index contributed by atoms with van der Waals surface area (Å²) in [7, 11) is 0. The van der Waals surface area contributed by atoms with Crippen molar-refractivity contribution < 1.29 is 9.59 Å². The minimum absolute atomic E-state index is 0.0348. The van der Waals surface area contributed by atoms with E-state index in [1.165, 1.54) is 5.56 Å². The highest BCUT2D eigenvalue weighted by atomic mass is 32.1. The summed E-state index contributed by atoms with van der Waals surface area (Å²) in [5.41, 5.74) is 1.18. The number of rotatable bonds is 7. The number of carbonyl (C=O) groups is 2. The average Bonchev–Trinajstić information content (AvgIpc) is 2.85. The van der Waals surface area contributed by atoms with Crippen LogP contribution in [0.1, 0.15) is 32.8 Å². The van der Waals surface area contributed by atoms with Gasteiger partial charge in [0.1, 0.15) is 0 Å². The van der Waals surface area contributed by atoms with E-state index >= 15 is 0 Å². The van der Waals surface area contributed by atoms with Crippen LogP contribution < -0.4 is 5.32 Å². The van der Waals surface area contributed by atoms with E-state index in [9.17, 15) is 9.59 Å². The summed E-state index contributed by atoms with van der Waals surface area (Å²) < 4.78 is 0. The van der Waals surface area contributed by atoms with Gasteiger partial charge in [0.15, 0.2) is 0 Å². The van der Waals surface area contributed by atoms with Crippen molar-refractivity contribution in [2.45, 2.75) is 39.7 Å². The van der Waals surface area contributed by atoms with Crippen LogP contribution in [0.2, 0.25) is 0 Å². The summed E-state index contributed by atoms with van der Waals surface area (Å²) in [5, 5.41) is 6.86. The Morgan fingerprint density at radius 2 is 2.16 bits per heavy atom. The Hall–Kier alpha value is -1.36. The molecule has 0 radical (unpaired) electrons. The molecule has 0 aromatic carbocycles. The molecule has 2 amide bonds. The van der Waals surface area contributed by atoms with E-state index in [1.807, 2.05) is 32.2 Å². The van der Waals surface area contributed by atoms with Gasteiger partial charge in [-0.25, -0.2) is 0 Å². The van der Waals surface area contributed by atoms with Crippen molar-refractivity contribution in [3.05, 3.63) is 22.4 Å². The first-order chi connectivity index (χ1) is 9.02. The number of nitrogens with one attached hydrogen (secondary N) is 1. The van der Waals surface area contributed by atoms with Gasteiger partial charge >= 0.3 is 0 Å². The Morgan fingerprint density at radius 3 is 2.68 bits per heavy atom. The first-order valence-electron chi connectivity index (χ1n) is 6.61. The minimum atomic E-state index is -0.0965. The van der Waals surface area contributed by atoms with Crippen molar-refractivity contribution in [2.24, 2.45) is 0 Å². The van der Waals surface area contributed by atoms with E-state index in [1.54, 1.807) is 16.2 Å². The predicted octanol–water partition coefficient (Wildman–Crippen LogP) is 2.05. The van der Waals surface area contributed by atoms with Crippen molar-refractivity contribution in [1.82, 2.24) is 10.2 Å². The van der Waals surface area contributed by atoms with E-state index in [0.29, 0.717) is 13.0 Å². The van der Waals surface area contributed by atoms with E-state index in [4.69, 9.17) is 0 Å². The fourth-order valence-electron chi connectivity index (χ4n) is 1.76. The zero-order valence-electron chi connectivity index (χ0n) is 11.8. The molecule has 0 bridgehead atoms. The fraction of sp³-hybridized carbons (Fsp3) is 0.571. The summed E-state index contributed by atoms with van der Waals surface area (Å²) in [4.78, 5) is 25.3. The molecule has 1 aromatic heterocycles. The van der Waals surface area contributed by atoms with Crippen LogP contribution in [0.15, 0.2) is 16.8 Å². The second-order valence-electron chi connectivity index (χ2n) is 4.76. The van der Waals surface area contributed by atoms with Crippen molar-refractivity contribution in [3.63, 3.8) is 0 Å². The molecule has 106 valence electrons. The monoisotopic (exact) mass is 282 g/mol. The fourth-order valence-corrected chi connectivity index (χ4v) is 2.46. The lowest BCUT2D eigenvalue weighted by Crippen LogP contribution is -2.42. The maximum Gasteiger partial charge on any atom is 0.239 e. The van der Waals surface area contributed by atoms with Gasteiger partial charge in [0.05, 0.1) is 6.54 Å². The lowest BCUT2D eigenvalue weighted by Gasteiger charge is -2.21. The summed E-state index contributed by atoms with van der Waals surface area (Å²) in [6.07, 6.45) is 1.20. The standard InChI is InChI=1S/C14H22N2O2S/c1-4-16(9-13(17)15-11(2)3)14(18)6-5-12-7-8-19-10-12/h7-8,10-11H,4-6,9H2,1-3H3,(H,15,17). The van der Waals surface area contributed by atoms with Crippen LogP contribution >= 0.6 is 11.3 Å². The highest BCUT2D eigenvalue weighted by Crippen LogP contribution is 2.09. The van der Waals surface area contributed by atoms with E-state index in [2.05, 4.69) is 10.7 Å². The lowest BCUT2D eigenvalue weighted by molar-refractivity contribution is -0.136. The Labute approximate surface area is 118 Å². The lowest BCUT2D eigenvalue weighted by atomic mass is 10.2. The molecular formula is C14H22N2O2S. The van der Waals surface area contributed by atoms with Crippen molar-refractivity contribution in [3.8, 4) is 0 Å². The molecule has 1 rings (SSSR count). The molecule has 0 fully saturated rings. The van der Waals surface area contributed by atoms with Crippen molar-refractivity contribution in [2.75, 3.05) is 13.1 Å². The third-order valence-electron chi connectivity index (χ3n) is 2.73. The Bertz CT molecular complexity index is 402. The molecule has 0 saturated carbocycles. The third kappa shape index (κ3) is 5.87. The number of hydrogen-bond donors (Lipinski definition) is 1. The van der Waals surface area contributed by atoms with E-state index in [-0.39, 0.29) is 24.4 Å². The second-order valence-corrected chi connectivity index (χ2v) is 5.54. The Morgan fingerprint density at radius 1 is 1.42 bits per heavy atom. The highest BCUT2D eigenvalue weighted by Gasteiger charge is 2.15. The van der Waals surface area contributed by atoms with Crippen LogP contribution in [0, 0.1) is 0 Å². The van der Waals surface area contributed by atoms with Crippen LogP contribution in [0.3, 0.4) is 0 Å². The van der Waals surface area contributed by atoms with Gasteiger partial charge in [-0.2, -0.15) is 11.3 Å². The molecule has 0 unspecified atom stereocenters. The molecule has 19 heavy (non-hydrogen) atoms. The number of carbonyl (C=O) groups excluding carboxylic acids is 2. The number of thiophene rings is 1. The van der Waals surface area contributed by atoms with Crippen molar-refractivity contribution in [1.29, 1.82) is 0 Å². The number of amides is 2. The van der Waals surface area contributed by atoms with Gasteiger partial charge in [-0.05, 0) is 49.6 Å². The number of hydrogen-bond acceptors (Lipinski definition) is 3. The number of aryl methyl sites for hydroxylation is 1. The van der Waals surface area contributed by atoms with Gasteiger partial charge in [-0.1, -0.05) is 0 Å². The molecule has 5 heteroatoms. The van der Waals surface area contributed by atoms with Crippen LogP contribution in [0.5, 0.6) is 0 Å². The van der Waals surface area contributed by atoms with Crippen LogP contribution in [0.25, 0.3) is 0 Å². The van der Waals surface area contributed by atoms with Gasteiger partial charge in [0, 0.05) is 19.0 Å². The van der Waals surface area contributed by atoms with Crippen LogP contribution in [0.4, 0.5) is 0 Å². The Kier molecular flexibility index (Phi) is 6.56. The molecule has 0 saturated heterocycles. The number of likely N-dealkylation sites (N-methyl/N-ethyl adjacent to an activating group) is 1. The van der Waals surface area contributed by atoms with Gasteiger partial charge in [-0.15, -0.1) is 0 Å². The average molecular weight is 282 g/mol.